The number of aliphatic hydroxyl groups excluding tert-OH is 9. The number of cyclic esters (lactones) is 1. The SMILES string of the molecule is C[C@@H]1[C@H](O)[C@@H](C)C=CC=CC=CC=CC=CC=CC=C[C@H](O[C@@H]2O[C@H](C)[C@@H](O)[C@H](N(CCCC(=O)O)CCCC(=O)O)[C@@H]2O)CC2O[C@](O)(C[C@@H](O)C[C@@H](O)[C@H](O)CC[C@@H](O)C[C@@H](O)CC(=O)O[C@H]1C)C[C@H](O)[C@H]2C(=O)O. The van der Waals surface area contributed by atoms with Crippen molar-refractivity contribution in [2.75, 3.05) is 13.1 Å². The Labute approximate surface area is 450 Å². The van der Waals surface area contributed by atoms with Crippen LogP contribution in [0.5, 0.6) is 0 Å². The lowest BCUT2D eigenvalue weighted by atomic mass is 9.82. The van der Waals surface area contributed by atoms with Crippen molar-refractivity contribution in [3.8, 4) is 0 Å². The number of aliphatic carboxylic acids is 3. The average molecular weight is 1100 g/mol. The van der Waals surface area contributed by atoms with Crippen LogP contribution in [0, 0.1) is 17.8 Å². The molecule has 77 heavy (non-hydrogen) atoms. The molecular weight excluding hydrogens is 1010 g/mol. The minimum Gasteiger partial charge on any atom is -0.481 e. The maximum Gasteiger partial charge on any atom is 0.311 e. The van der Waals surface area contributed by atoms with E-state index >= 15 is 0 Å². The summed E-state index contributed by atoms with van der Waals surface area (Å²) >= 11 is 0. The monoisotopic (exact) mass is 1100 g/mol. The zero-order valence-corrected chi connectivity index (χ0v) is 44.4. The Kier molecular flexibility index (Phi) is 29.3. The third-order valence-corrected chi connectivity index (χ3v) is 14.0. The first kappa shape index (κ1) is 66.8. The van der Waals surface area contributed by atoms with Gasteiger partial charge in [-0.05, 0) is 59.0 Å². The van der Waals surface area contributed by atoms with Gasteiger partial charge in [-0.15, -0.1) is 0 Å². The van der Waals surface area contributed by atoms with Crippen LogP contribution in [0.2, 0.25) is 0 Å². The number of rotatable bonds is 12. The molecule has 3 aliphatic rings. The summed E-state index contributed by atoms with van der Waals surface area (Å²) in [5, 5.41) is 140. The molecule has 0 aliphatic carbocycles. The summed E-state index contributed by atoms with van der Waals surface area (Å²) in [4.78, 5) is 49.8. The van der Waals surface area contributed by atoms with Gasteiger partial charge in [0.25, 0.3) is 0 Å². The zero-order valence-electron chi connectivity index (χ0n) is 44.4. The molecule has 0 aromatic carbocycles. The third-order valence-electron chi connectivity index (χ3n) is 14.0. The summed E-state index contributed by atoms with van der Waals surface area (Å²) in [6.45, 7) is 6.76. The molecule has 0 saturated carbocycles. The predicted octanol–water partition coefficient (Wildman–Crippen LogP) is 1.78. The Hall–Kier alpha value is -4.50. The number of fused-ring (bicyclic) bond motifs is 2. The first-order valence-electron chi connectivity index (χ1n) is 26.4. The van der Waals surface area contributed by atoms with E-state index in [0.717, 1.165) is 0 Å². The number of aliphatic hydroxyl groups is 10. The average Bonchev–Trinajstić information content (AvgIpc) is 3.33. The lowest BCUT2D eigenvalue weighted by Crippen LogP contribution is -2.64. The smallest absolute Gasteiger partial charge is 0.311 e. The molecule has 0 amide bonds. The van der Waals surface area contributed by atoms with Crippen molar-refractivity contribution >= 4 is 23.9 Å². The van der Waals surface area contributed by atoms with Crippen LogP contribution in [-0.4, -0.2) is 206 Å². The maximum atomic E-state index is 12.7. The van der Waals surface area contributed by atoms with Crippen LogP contribution in [0.1, 0.15) is 105 Å². The van der Waals surface area contributed by atoms with Gasteiger partial charge in [-0.2, -0.15) is 0 Å². The van der Waals surface area contributed by atoms with Crippen LogP contribution < -0.4 is 0 Å². The number of carboxylic acids is 3. The normalized spacial score (nSPS) is 37.3. The van der Waals surface area contributed by atoms with Crippen molar-refractivity contribution in [1.29, 1.82) is 0 Å². The van der Waals surface area contributed by atoms with Crippen molar-refractivity contribution < 1.29 is 105 Å². The Balaban J connectivity index is 1.97. The third kappa shape index (κ3) is 23.8. The quantitative estimate of drug-likeness (QED) is 0.124. The van der Waals surface area contributed by atoms with Crippen molar-refractivity contribution in [3.05, 3.63) is 85.1 Å². The minimum atomic E-state index is -2.41. The van der Waals surface area contributed by atoms with E-state index in [-0.39, 0.29) is 64.0 Å². The molecule has 3 rings (SSSR count). The van der Waals surface area contributed by atoms with Gasteiger partial charge in [-0.1, -0.05) is 98.9 Å². The second-order valence-corrected chi connectivity index (χ2v) is 20.5. The molecule has 0 aromatic rings. The van der Waals surface area contributed by atoms with E-state index in [2.05, 4.69) is 0 Å². The summed E-state index contributed by atoms with van der Waals surface area (Å²) in [6, 6.07) is -1.16. The second-order valence-electron chi connectivity index (χ2n) is 20.5. The van der Waals surface area contributed by atoms with Gasteiger partial charge in [0.15, 0.2) is 12.1 Å². The highest BCUT2D eigenvalue weighted by Gasteiger charge is 2.51. The fourth-order valence-corrected chi connectivity index (χ4v) is 9.62. The molecule has 22 heteroatoms. The van der Waals surface area contributed by atoms with E-state index in [9.17, 15) is 85.6 Å². The standard InChI is InChI=1S/C55H85NO21/c1-33-19-15-13-11-9-7-5-6-8-10-12-14-16-20-40(76-54-52(70)49(51(69)36(4)75-54)56(25-17-21-45(63)64)26-18-22-46(65)66)30-44-48(53(71)72)43(62)32-55(73,77-44)31-39(59)28-42(61)41(60)24-23-37(57)27-38(58)29-47(67)74-35(3)34(2)50(33)68/h5-16,19-20,33-44,48-52,54,57-62,68-70,73H,17-18,21-32H2,1-4H3,(H,63,64)(H,65,66)(H,71,72)/t33-,34-,35-,36+,37+,38+,39-,40-,41+,42+,43-,44?,48+,49-,50+,51+,52-,54-,55+/m0/s1. The topological polar surface area (TPSA) is 371 Å². The van der Waals surface area contributed by atoms with E-state index in [0.29, 0.717) is 0 Å². The lowest BCUT2D eigenvalue weighted by Gasteiger charge is -2.47. The van der Waals surface area contributed by atoms with Crippen molar-refractivity contribution in [2.24, 2.45) is 17.8 Å². The van der Waals surface area contributed by atoms with Crippen LogP contribution in [0.3, 0.4) is 0 Å². The van der Waals surface area contributed by atoms with Crippen LogP contribution >= 0.6 is 0 Å². The lowest BCUT2D eigenvalue weighted by molar-refractivity contribution is -0.312. The van der Waals surface area contributed by atoms with E-state index in [4.69, 9.17) is 18.9 Å². The highest BCUT2D eigenvalue weighted by Crippen LogP contribution is 2.38. The summed E-state index contributed by atoms with van der Waals surface area (Å²) in [7, 11) is 0. The fraction of sp³-hybridized carbons (Fsp3) is 0.673. The van der Waals surface area contributed by atoms with E-state index in [1.54, 1.807) is 91.7 Å². The summed E-state index contributed by atoms with van der Waals surface area (Å²) < 4.78 is 23.8. The Morgan fingerprint density at radius 3 is 1.71 bits per heavy atom. The highest BCUT2D eigenvalue weighted by atomic mass is 16.7. The van der Waals surface area contributed by atoms with Gasteiger partial charge in [0.1, 0.15) is 18.1 Å². The molecule has 0 aromatic heterocycles. The predicted molar refractivity (Wildman–Crippen MR) is 278 cm³/mol. The van der Waals surface area contributed by atoms with Crippen molar-refractivity contribution in [1.82, 2.24) is 4.90 Å². The van der Waals surface area contributed by atoms with E-state index in [1.165, 1.54) is 19.1 Å². The van der Waals surface area contributed by atoms with Crippen LogP contribution in [0.25, 0.3) is 0 Å². The van der Waals surface area contributed by atoms with Gasteiger partial charge in [-0.3, -0.25) is 24.1 Å². The van der Waals surface area contributed by atoms with Gasteiger partial charge < -0.3 is 85.3 Å². The number of hydrogen-bond donors (Lipinski definition) is 13. The Bertz CT molecular complexity index is 2000. The molecule has 436 valence electrons. The molecule has 0 spiro atoms. The number of carboxylic acid groups (broad SMARTS) is 3. The summed E-state index contributed by atoms with van der Waals surface area (Å²) in [5.41, 5.74) is 0. The van der Waals surface area contributed by atoms with E-state index < -0.39 is 165 Å². The van der Waals surface area contributed by atoms with Crippen molar-refractivity contribution in [3.63, 3.8) is 0 Å². The summed E-state index contributed by atoms with van der Waals surface area (Å²) in [6.07, 6.45) is 1.06. The minimum absolute atomic E-state index is 0.0416. The number of esters is 1. The van der Waals surface area contributed by atoms with Crippen LogP contribution in [0.15, 0.2) is 85.1 Å². The van der Waals surface area contributed by atoms with Gasteiger partial charge >= 0.3 is 23.9 Å². The highest BCUT2D eigenvalue weighted by molar-refractivity contribution is 5.72. The van der Waals surface area contributed by atoms with Gasteiger partial charge in [0, 0.05) is 50.4 Å². The fourth-order valence-electron chi connectivity index (χ4n) is 9.62. The molecule has 2 saturated heterocycles. The molecule has 2 bridgehead atoms. The van der Waals surface area contributed by atoms with Crippen LogP contribution in [0.4, 0.5) is 0 Å². The molecule has 13 N–H and O–H groups in total. The molecule has 22 nitrogen and oxygen atoms in total. The Morgan fingerprint density at radius 2 is 1.17 bits per heavy atom. The van der Waals surface area contributed by atoms with E-state index in [1.807, 2.05) is 6.92 Å². The first-order chi connectivity index (χ1) is 36.3. The number of nitrogens with zero attached hydrogens (tertiary/aromatic N) is 1. The molecular formula is C55H85NO21. The molecule has 0 radical (unpaired) electrons. The number of carbonyl (C=O) groups is 4. The second kappa shape index (κ2) is 33.8. The zero-order chi connectivity index (χ0) is 57.4. The van der Waals surface area contributed by atoms with Crippen LogP contribution in [-0.2, 0) is 38.1 Å². The van der Waals surface area contributed by atoms with Gasteiger partial charge in [-0.25, -0.2) is 0 Å². The first-order valence-corrected chi connectivity index (χ1v) is 26.4. The number of ether oxygens (including phenoxy) is 4. The maximum absolute atomic E-state index is 12.7. The summed E-state index contributed by atoms with van der Waals surface area (Å²) in [5.74, 6) is -9.32. The van der Waals surface area contributed by atoms with Gasteiger partial charge in [0.05, 0.1) is 79.6 Å². The molecule has 3 aliphatic heterocycles. The van der Waals surface area contributed by atoms with Crippen molar-refractivity contribution in [2.45, 2.75) is 202 Å². The molecule has 2 fully saturated rings. The molecule has 3 heterocycles. The Morgan fingerprint density at radius 1 is 0.623 bits per heavy atom. The number of hydrogen-bond acceptors (Lipinski definition) is 19. The largest absolute Gasteiger partial charge is 0.481 e. The number of carbonyl (C=O) groups excluding carboxylic acids is 1. The molecule has 1 unspecified atom stereocenters. The number of allylic oxidation sites excluding steroid dienone is 12. The molecule has 19 atom stereocenters. The van der Waals surface area contributed by atoms with Gasteiger partial charge in [0.2, 0.25) is 0 Å².